The van der Waals surface area contributed by atoms with Gasteiger partial charge in [-0.05, 0) is 25.0 Å². The zero-order chi connectivity index (χ0) is 9.80. The van der Waals surface area contributed by atoms with Gasteiger partial charge in [-0.15, -0.1) is 0 Å². The van der Waals surface area contributed by atoms with E-state index in [0.29, 0.717) is 0 Å². The molecule has 1 amide bonds. The van der Waals surface area contributed by atoms with Crippen LogP contribution in [0.2, 0.25) is 0 Å². The second kappa shape index (κ2) is 4.28. The molecule has 1 aromatic heterocycles. The van der Waals surface area contributed by atoms with Gasteiger partial charge in [-0.25, -0.2) is 0 Å². The van der Waals surface area contributed by atoms with Crippen molar-refractivity contribution in [3.8, 4) is 0 Å². The maximum absolute atomic E-state index is 10.8. The lowest BCUT2D eigenvalue weighted by Crippen LogP contribution is -2.50. The number of hydrazine groups is 1. The zero-order valence-electron chi connectivity index (χ0n) is 8.09. The molecule has 1 radical (unpaired) electrons. The summed E-state index contributed by atoms with van der Waals surface area (Å²) in [7, 11) is 0. The highest BCUT2D eigenvalue weighted by molar-refractivity contribution is 5.60. The number of hydrogen-bond acceptors (Lipinski definition) is 2. The van der Waals surface area contributed by atoms with Gasteiger partial charge in [0.25, 0.3) is 0 Å². The summed E-state index contributed by atoms with van der Waals surface area (Å²) in [4.78, 5) is 10.8. The van der Waals surface area contributed by atoms with Crippen molar-refractivity contribution in [2.24, 2.45) is 0 Å². The predicted molar refractivity (Wildman–Crippen MR) is 53.8 cm³/mol. The molecular weight excluding hydrogens is 178 g/mol. The lowest BCUT2D eigenvalue weighted by Gasteiger charge is -2.33. The second-order valence-corrected chi connectivity index (χ2v) is 3.46. The predicted octanol–water partition coefficient (Wildman–Crippen LogP) is 0.894. The van der Waals surface area contributed by atoms with Gasteiger partial charge < -0.3 is 0 Å². The molecule has 0 aromatic carbocycles. The first-order valence-corrected chi connectivity index (χ1v) is 4.98. The van der Waals surface area contributed by atoms with E-state index < -0.39 is 0 Å². The Hall–Kier alpha value is -1.29. The molecule has 2 heterocycles. The summed E-state index contributed by atoms with van der Waals surface area (Å²) in [5.41, 5.74) is 0. The van der Waals surface area contributed by atoms with Crippen molar-refractivity contribution in [2.45, 2.75) is 19.3 Å². The van der Waals surface area contributed by atoms with Crippen molar-refractivity contribution < 1.29 is 4.79 Å². The fourth-order valence-corrected chi connectivity index (χ4v) is 1.77. The van der Waals surface area contributed by atoms with Gasteiger partial charge in [0.15, 0.2) is 0 Å². The number of aromatic nitrogens is 1. The molecule has 0 spiro atoms. The molecule has 1 saturated heterocycles. The Morgan fingerprint density at radius 2 is 1.71 bits per heavy atom. The van der Waals surface area contributed by atoms with Crippen molar-refractivity contribution >= 4 is 6.41 Å². The summed E-state index contributed by atoms with van der Waals surface area (Å²) in [5, 5.41) is 3.54. The molecule has 4 nitrogen and oxygen atoms in total. The van der Waals surface area contributed by atoms with Crippen LogP contribution >= 0.6 is 0 Å². The van der Waals surface area contributed by atoms with Crippen LogP contribution in [-0.4, -0.2) is 29.2 Å². The Kier molecular flexibility index (Phi) is 2.84. The first kappa shape index (κ1) is 9.27. The zero-order valence-corrected chi connectivity index (χ0v) is 8.09. The highest BCUT2D eigenvalue weighted by Gasteiger charge is 2.17. The maximum Gasteiger partial charge on any atom is 0.349 e. The third kappa shape index (κ3) is 1.80. The summed E-state index contributed by atoms with van der Waals surface area (Å²) in [6.07, 6.45) is 9.20. The van der Waals surface area contributed by atoms with Crippen LogP contribution < -0.4 is 5.12 Å². The normalized spacial score (nSPS) is 18.0. The standard InChI is InChI=1S/C10H14N3O/c14-10-13(12-8-4-5-9-12)11-6-2-1-3-7-11/h4-5,8-9H,1-3,6-7H2. The van der Waals surface area contributed by atoms with E-state index in [4.69, 9.17) is 0 Å². The van der Waals surface area contributed by atoms with Crippen molar-refractivity contribution in [2.75, 3.05) is 18.2 Å². The Bertz CT molecular complexity index is 278. The minimum Gasteiger partial charge on any atom is -0.260 e. The molecule has 1 aliphatic rings. The van der Waals surface area contributed by atoms with E-state index in [1.165, 1.54) is 11.5 Å². The van der Waals surface area contributed by atoms with E-state index in [0.717, 1.165) is 25.9 Å². The van der Waals surface area contributed by atoms with Gasteiger partial charge in [-0.3, -0.25) is 9.47 Å². The minimum atomic E-state index is 0.938. The van der Waals surface area contributed by atoms with Gasteiger partial charge in [0.2, 0.25) is 0 Å². The third-order valence-corrected chi connectivity index (χ3v) is 2.49. The summed E-state index contributed by atoms with van der Waals surface area (Å²) in [6.45, 7) is 1.88. The molecule has 1 aliphatic heterocycles. The minimum absolute atomic E-state index is 0.938. The van der Waals surface area contributed by atoms with Crippen LogP contribution in [0.1, 0.15) is 19.3 Å². The molecule has 0 saturated carbocycles. The van der Waals surface area contributed by atoms with Crippen molar-refractivity contribution in [1.82, 2.24) is 9.69 Å². The van der Waals surface area contributed by atoms with E-state index in [1.54, 1.807) is 4.68 Å². The molecule has 75 valence electrons. The van der Waals surface area contributed by atoms with Crippen LogP contribution in [0.15, 0.2) is 24.5 Å². The number of nitrogens with zero attached hydrogens (tertiary/aromatic N) is 3. The Labute approximate surface area is 83.7 Å². The topological polar surface area (TPSA) is 28.5 Å². The SMILES string of the molecule is O=[C]N(N1CCCCC1)n1cccc1. The van der Waals surface area contributed by atoms with E-state index in [9.17, 15) is 4.79 Å². The van der Waals surface area contributed by atoms with Crippen LogP contribution in [0.25, 0.3) is 0 Å². The second-order valence-electron chi connectivity index (χ2n) is 3.46. The number of piperidine rings is 1. The molecule has 1 fully saturated rings. The molecule has 2 rings (SSSR count). The first-order valence-electron chi connectivity index (χ1n) is 4.98. The fraction of sp³-hybridized carbons (Fsp3) is 0.500. The van der Waals surface area contributed by atoms with Crippen LogP contribution in [-0.2, 0) is 4.79 Å². The fourth-order valence-electron chi connectivity index (χ4n) is 1.77. The summed E-state index contributed by atoms with van der Waals surface area (Å²) < 4.78 is 1.75. The molecule has 4 heteroatoms. The molecule has 0 unspecified atom stereocenters. The van der Waals surface area contributed by atoms with Gasteiger partial charge >= 0.3 is 6.41 Å². The number of carbonyl (C=O) groups excluding carboxylic acids is 1. The maximum atomic E-state index is 10.8. The quantitative estimate of drug-likeness (QED) is 0.665. The Morgan fingerprint density at radius 1 is 1.07 bits per heavy atom. The highest BCUT2D eigenvalue weighted by Crippen LogP contribution is 2.10. The molecule has 0 bridgehead atoms. The van der Waals surface area contributed by atoms with Gasteiger partial charge in [-0.1, -0.05) is 6.42 Å². The van der Waals surface area contributed by atoms with Crippen molar-refractivity contribution in [1.29, 1.82) is 0 Å². The van der Waals surface area contributed by atoms with E-state index >= 15 is 0 Å². The van der Waals surface area contributed by atoms with Gasteiger partial charge in [0.1, 0.15) is 0 Å². The Balaban J connectivity index is 2.08. The molecule has 0 atom stereocenters. The summed E-state index contributed by atoms with van der Waals surface area (Å²) >= 11 is 0. The summed E-state index contributed by atoms with van der Waals surface area (Å²) in [6, 6.07) is 3.79. The smallest absolute Gasteiger partial charge is 0.260 e. The molecule has 1 aromatic rings. The molecule has 14 heavy (non-hydrogen) atoms. The monoisotopic (exact) mass is 192 g/mol. The van der Waals surface area contributed by atoms with Crippen LogP contribution in [0.5, 0.6) is 0 Å². The van der Waals surface area contributed by atoms with Crippen molar-refractivity contribution in [3.63, 3.8) is 0 Å². The highest BCUT2D eigenvalue weighted by atomic mass is 16.2. The first-order chi connectivity index (χ1) is 6.92. The van der Waals surface area contributed by atoms with Gasteiger partial charge in [0, 0.05) is 25.5 Å². The molecular formula is C10H14N3O. The van der Waals surface area contributed by atoms with Crippen LogP contribution in [0.3, 0.4) is 0 Å². The molecule has 0 aliphatic carbocycles. The lowest BCUT2D eigenvalue weighted by atomic mass is 10.2. The van der Waals surface area contributed by atoms with Crippen molar-refractivity contribution in [3.05, 3.63) is 24.5 Å². The van der Waals surface area contributed by atoms with Gasteiger partial charge in [-0.2, -0.15) is 10.1 Å². The van der Waals surface area contributed by atoms with E-state index in [1.807, 2.05) is 35.9 Å². The largest absolute Gasteiger partial charge is 0.349 e. The molecule has 0 N–H and O–H groups in total. The average molecular weight is 192 g/mol. The Morgan fingerprint density at radius 3 is 2.29 bits per heavy atom. The summed E-state index contributed by atoms with van der Waals surface area (Å²) in [5.74, 6) is 0. The average Bonchev–Trinajstić information content (AvgIpc) is 2.74. The van der Waals surface area contributed by atoms with Gasteiger partial charge in [0.05, 0.1) is 0 Å². The van der Waals surface area contributed by atoms with E-state index in [2.05, 4.69) is 0 Å². The number of hydrogen-bond donors (Lipinski definition) is 0. The number of amides is 1. The number of rotatable bonds is 3. The van der Waals surface area contributed by atoms with E-state index in [-0.39, 0.29) is 0 Å². The van der Waals surface area contributed by atoms with Crippen LogP contribution in [0.4, 0.5) is 0 Å². The lowest BCUT2D eigenvalue weighted by molar-refractivity contribution is 0.192. The third-order valence-electron chi connectivity index (χ3n) is 2.49. The van der Waals surface area contributed by atoms with Crippen LogP contribution in [0, 0.1) is 0 Å².